The highest BCUT2D eigenvalue weighted by Gasteiger charge is 2.65. The molecule has 1 N–H and O–H groups in total. The van der Waals surface area contributed by atoms with E-state index >= 15 is 0 Å². The fraction of sp³-hybridized carbons (Fsp3) is 1.00. The van der Waals surface area contributed by atoms with Gasteiger partial charge in [-0.05, 0) is 68.1 Å². The Labute approximate surface area is 141 Å². The Morgan fingerprint density at radius 3 is 2.48 bits per heavy atom. The van der Waals surface area contributed by atoms with E-state index in [1.54, 1.807) is 0 Å². The van der Waals surface area contributed by atoms with E-state index in [0.717, 1.165) is 32.0 Å². The standard InChI is InChI=1S/C20H34O3/c1-17(2)8-5-9-18(3)14(17)7-11-20(13-23-20)15(18)6-10-19(4,21)16-12-22-16/h14-16,21H,5-13H2,1-4H3/t14?,15-,16?,18+,19-,20?/m1/s1. The molecule has 0 amide bonds. The zero-order valence-electron chi connectivity index (χ0n) is 15.4. The van der Waals surface area contributed by atoms with E-state index in [4.69, 9.17) is 9.47 Å². The van der Waals surface area contributed by atoms with Crippen LogP contribution < -0.4 is 0 Å². The predicted molar refractivity (Wildman–Crippen MR) is 90.2 cm³/mol. The summed E-state index contributed by atoms with van der Waals surface area (Å²) < 4.78 is 11.4. The van der Waals surface area contributed by atoms with Gasteiger partial charge in [0.2, 0.25) is 0 Å². The van der Waals surface area contributed by atoms with Crippen molar-refractivity contribution in [3.05, 3.63) is 0 Å². The van der Waals surface area contributed by atoms with Crippen LogP contribution in [0.5, 0.6) is 0 Å². The van der Waals surface area contributed by atoms with Crippen molar-refractivity contribution in [2.24, 2.45) is 22.7 Å². The SMILES string of the molecule is CC1(C)CCC[C@@]2(C)C1CCC1(CO1)[C@@H]2CC[C@@](C)(O)C1CO1. The van der Waals surface area contributed by atoms with Crippen LogP contribution in [-0.4, -0.2) is 35.6 Å². The number of epoxide rings is 2. The summed E-state index contributed by atoms with van der Waals surface area (Å²) in [5.41, 5.74) is 0.295. The molecule has 1 spiro atoms. The maximum absolute atomic E-state index is 10.7. The van der Waals surface area contributed by atoms with Gasteiger partial charge < -0.3 is 14.6 Å². The maximum Gasteiger partial charge on any atom is 0.109 e. The average molecular weight is 322 g/mol. The summed E-state index contributed by atoms with van der Waals surface area (Å²) in [6.45, 7) is 11.1. The van der Waals surface area contributed by atoms with Crippen LogP contribution in [0.1, 0.15) is 72.6 Å². The summed E-state index contributed by atoms with van der Waals surface area (Å²) >= 11 is 0. The van der Waals surface area contributed by atoms with Crippen molar-refractivity contribution in [3.8, 4) is 0 Å². The Kier molecular flexibility index (Phi) is 3.52. The van der Waals surface area contributed by atoms with Crippen LogP contribution in [-0.2, 0) is 9.47 Å². The lowest BCUT2D eigenvalue weighted by molar-refractivity contribution is -0.113. The third-order valence-electron chi connectivity index (χ3n) is 8.04. The molecule has 23 heavy (non-hydrogen) atoms. The summed E-state index contributed by atoms with van der Waals surface area (Å²) in [7, 11) is 0. The predicted octanol–water partition coefficient (Wildman–Crippen LogP) is 3.93. The Morgan fingerprint density at radius 2 is 1.87 bits per heavy atom. The first-order chi connectivity index (χ1) is 10.7. The molecule has 0 aromatic rings. The van der Waals surface area contributed by atoms with Crippen LogP contribution >= 0.6 is 0 Å². The minimum Gasteiger partial charge on any atom is -0.387 e. The average Bonchev–Trinajstić information content (AvgIpc) is 3.31. The highest BCUT2D eigenvalue weighted by Crippen LogP contribution is 2.66. The summed E-state index contributed by atoms with van der Waals surface area (Å²) in [6.07, 6.45) is 8.57. The van der Waals surface area contributed by atoms with E-state index in [0.29, 0.717) is 16.7 Å². The summed E-state index contributed by atoms with van der Waals surface area (Å²) in [5, 5.41) is 10.7. The van der Waals surface area contributed by atoms with Crippen LogP contribution in [0, 0.1) is 22.7 Å². The van der Waals surface area contributed by atoms with Crippen molar-refractivity contribution < 1.29 is 14.6 Å². The van der Waals surface area contributed by atoms with Gasteiger partial charge >= 0.3 is 0 Å². The van der Waals surface area contributed by atoms with Crippen LogP contribution in [0.15, 0.2) is 0 Å². The van der Waals surface area contributed by atoms with E-state index in [2.05, 4.69) is 20.8 Å². The van der Waals surface area contributed by atoms with E-state index in [9.17, 15) is 5.11 Å². The highest BCUT2D eigenvalue weighted by molar-refractivity contribution is 5.13. The number of fused-ring (bicyclic) bond motifs is 1. The lowest BCUT2D eigenvalue weighted by Crippen LogP contribution is -2.55. The number of ether oxygens (including phenoxy) is 2. The van der Waals surface area contributed by atoms with Crippen molar-refractivity contribution in [1.82, 2.24) is 0 Å². The Hall–Kier alpha value is -0.120. The fourth-order valence-corrected chi connectivity index (χ4v) is 6.50. The molecule has 4 fully saturated rings. The molecule has 4 aliphatic rings. The molecular weight excluding hydrogens is 288 g/mol. The molecule has 2 heterocycles. The molecule has 2 aliphatic carbocycles. The van der Waals surface area contributed by atoms with Crippen LogP contribution in [0.3, 0.4) is 0 Å². The molecule has 132 valence electrons. The second-order valence-corrected chi connectivity index (χ2v) is 10.1. The van der Waals surface area contributed by atoms with Crippen LogP contribution in [0.25, 0.3) is 0 Å². The normalized spacial score (nSPS) is 50.2. The van der Waals surface area contributed by atoms with E-state index in [1.807, 2.05) is 6.92 Å². The van der Waals surface area contributed by atoms with Gasteiger partial charge in [-0.1, -0.05) is 27.2 Å². The summed E-state index contributed by atoms with van der Waals surface area (Å²) in [6, 6.07) is 0. The molecule has 0 aromatic carbocycles. The second kappa shape index (κ2) is 4.95. The molecule has 0 aromatic heterocycles. The van der Waals surface area contributed by atoms with E-state index < -0.39 is 5.60 Å². The molecule has 2 aliphatic heterocycles. The summed E-state index contributed by atoms with van der Waals surface area (Å²) in [4.78, 5) is 0. The van der Waals surface area contributed by atoms with Crippen molar-refractivity contribution in [1.29, 1.82) is 0 Å². The van der Waals surface area contributed by atoms with Crippen LogP contribution in [0.2, 0.25) is 0 Å². The largest absolute Gasteiger partial charge is 0.387 e. The first-order valence-corrected chi connectivity index (χ1v) is 9.68. The van der Waals surface area contributed by atoms with Gasteiger partial charge in [-0.25, -0.2) is 0 Å². The van der Waals surface area contributed by atoms with Gasteiger partial charge in [0.05, 0.1) is 24.4 Å². The fourth-order valence-electron chi connectivity index (χ4n) is 6.50. The number of aliphatic hydroxyl groups is 1. The minimum absolute atomic E-state index is 0.0635. The Morgan fingerprint density at radius 1 is 1.17 bits per heavy atom. The maximum atomic E-state index is 10.7. The van der Waals surface area contributed by atoms with Gasteiger partial charge in [-0.2, -0.15) is 0 Å². The first kappa shape index (κ1) is 16.4. The summed E-state index contributed by atoms with van der Waals surface area (Å²) in [5.74, 6) is 1.39. The molecule has 0 bridgehead atoms. The monoisotopic (exact) mass is 322 g/mol. The molecule has 4 rings (SSSR count). The molecule has 6 atom stereocenters. The zero-order valence-corrected chi connectivity index (χ0v) is 15.4. The number of hydrogen-bond donors (Lipinski definition) is 1. The van der Waals surface area contributed by atoms with Gasteiger partial charge in [0, 0.05) is 0 Å². The smallest absolute Gasteiger partial charge is 0.109 e. The molecular formula is C20H34O3. The third-order valence-corrected chi connectivity index (χ3v) is 8.04. The molecule has 3 heteroatoms. The molecule has 0 radical (unpaired) electrons. The third kappa shape index (κ3) is 2.58. The topological polar surface area (TPSA) is 45.3 Å². The van der Waals surface area contributed by atoms with Crippen molar-refractivity contribution in [3.63, 3.8) is 0 Å². The highest BCUT2D eigenvalue weighted by atomic mass is 16.6. The Bertz CT molecular complexity index is 475. The quantitative estimate of drug-likeness (QED) is 0.798. The van der Waals surface area contributed by atoms with Gasteiger partial charge in [0.25, 0.3) is 0 Å². The molecule has 3 nitrogen and oxygen atoms in total. The van der Waals surface area contributed by atoms with Gasteiger partial charge in [0.1, 0.15) is 6.10 Å². The van der Waals surface area contributed by atoms with Gasteiger partial charge in [-0.15, -0.1) is 0 Å². The lowest BCUT2D eigenvalue weighted by atomic mass is 9.45. The minimum atomic E-state index is -0.663. The number of rotatable bonds is 4. The molecule has 3 unspecified atom stereocenters. The number of hydrogen-bond acceptors (Lipinski definition) is 3. The van der Waals surface area contributed by atoms with Crippen molar-refractivity contribution >= 4 is 0 Å². The first-order valence-electron chi connectivity index (χ1n) is 9.68. The van der Waals surface area contributed by atoms with E-state index in [-0.39, 0.29) is 11.7 Å². The molecule has 2 saturated carbocycles. The van der Waals surface area contributed by atoms with Crippen LogP contribution in [0.4, 0.5) is 0 Å². The van der Waals surface area contributed by atoms with Crippen molar-refractivity contribution in [2.45, 2.75) is 89.9 Å². The lowest BCUT2D eigenvalue weighted by Gasteiger charge is -2.59. The van der Waals surface area contributed by atoms with Gasteiger partial charge in [-0.3, -0.25) is 0 Å². The van der Waals surface area contributed by atoms with Gasteiger partial charge in [0.15, 0.2) is 0 Å². The van der Waals surface area contributed by atoms with Crippen molar-refractivity contribution in [2.75, 3.05) is 13.2 Å². The zero-order chi connectivity index (χ0) is 16.5. The Balaban J connectivity index is 1.56. The molecule has 2 saturated heterocycles. The van der Waals surface area contributed by atoms with E-state index in [1.165, 1.54) is 32.1 Å². The second-order valence-electron chi connectivity index (χ2n) is 10.1.